The van der Waals surface area contributed by atoms with Gasteiger partial charge in [-0.15, -0.1) is 0 Å². The van der Waals surface area contributed by atoms with Gasteiger partial charge in [-0.25, -0.2) is 9.67 Å². The Bertz CT molecular complexity index is 1150. The van der Waals surface area contributed by atoms with Crippen LogP contribution in [-0.4, -0.2) is 27.8 Å². The first-order chi connectivity index (χ1) is 14.7. The molecule has 0 bridgehead atoms. The van der Waals surface area contributed by atoms with Crippen molar-refractivity contribution in [1.82, 2.24) is 14.8 Å². The van der Waals surface area contributed by atoms with Gasteiger partial charge >= 0.3 is 0 Å². The number of rotatable bonds is 6. The fourth-order valence-electron chi connectivity index (χ4n) is 3.23. The van der Waals surface area contributed by atoms with Crippen LogP contribution in [0.3, 0.4) is 0 Å². The molecule has 0 aliphatic heterocycles. The SMILES string of the molecule is CCc1cccnc1NC(=O)c1cc(-c2ccc(OC)cc2)n(-c2ccccc2)n1. The van der Waals surface area contributed by atoms with Crippen LogP contribution in [0.25, 0.3) is 16.9 Å². The molecule has 0 saturated heterocycles. The molecule has 0 atom stereocenters. The van der Waals surface area contributed by atoms with Gasteiger partial charge in [-0.1, -0.05) is 31.2 Å². The van der Waals surface area contributed by atoms with Gasteiger partial charge in [0, 0.05) is 11.8 Å². The van der Waals surface area contributed by atoms with E-state index in [1.807, 2.05) is 73.7 Å². The van der Waals surface area contributed by atoms with E-state index in [4.69, 9.17) is 4.74 Å². The third kappa shape index (κ3) is 3.93. The molecule has 0 radical (unpaired) electrons. The fraction of sp³-hybridized carbons (Fsp3) is 0.125. The molecule has 150 valence electrons. The number of aryl methyl sites for hydroxylation is 1. The monoisotopic (exact) mass is 398 g/mol. The number of benzene rings is 2. The molecule has 6 heteroatoms. The Balaban J connectivity index is 1.74. The van der Waals surface area contributed by atoms with Gasteiger partial charge in [0.05, 0.1) is 18.5 Å². The molecule has 6 nitrogen and oxygen atoms in total. The first-order valence-electron chi connectivity index (χ1n) is 9.74. The van der Waals surface area contributed by atoms with Crippen LogP contribution in [-0.2, 0) is 6.42 Å². The van der Waals surface area contributed by atoms with Crippen LogP contribution in [0.15, 0.2) is 79.0 Å². The van der Waals surface area contributed by atoms with Crippen LogP contribution in [0, 0.1) is 0 Å². The zero-order valence-corrected chi connectivity index (χ0v) is 16.9. The van der Waals surface area contributed by atoms with Crippen molar-refractivity contribution in [2.24, 2.45) is 0 Å². The van der Waals surface area contributed by atoms with Crippen LogP contribution in [0.4, 0.5) is 5.82 Å². The lowest BCUT2D eigenvalue weighted by Gasteiger charge is -2.08. The molecule has 0 aliphatic rings. The molecule has 1 amide bonds. The third-order valence-corrected chi connectivity index (χ3v) is 4.83. The quantitative estimate of drug-likeness (QED) is 0.509. The minimum absolute atomic E-state index is 0.298. The molecule has 0 saturated carbocycles. The average molecular weight is 398 g/mol. The number of hydrogen-bond donors (Lipinski definition) is 1. The van der Waals surface area contributed by atoms with Gasteiger partial charge < -0.3 is 10.1 Å². The molecule has 0 spiro atoms. The Kier molecular flexibility index (Phi) is 5.57. The van der Waals surface area contributed by atoms with Crippen LogP contribution in [0.2, 0.25) is 0 Å². The second kappa shape index (κ2) is 8.61. The minimum Gasteiger partial charge on any atom is -0.497 e. The van der Waals surface area contributed by atoms with Crippen molar-refractivity contribution in [3.63, 3.8) is 0 Å². The molecule has 0 aliphatic carbocycles. The van der Waals surface area contributed by atoms with Crippen molar-refractivity contribution < 1.29 is 9.53 Å². The van der Waals surface area contributed by atoms with E-state index >= 15 is 0 Å². The molecule has 1 N–H and O–H groups in total. The van der Waals surface area contributed by atoms with E-state index < -0.39 is 0 Å². The summed E-state index contributed by atoms with van der Waals surface area (Å²) < 4.78 is 7.03. The van der Waals surface area contributed by atoms with Gasteiger partial charge in [0.25, 0.3) is 5.91 Å². The first-order valence-corrected chi connectivity index (χ1v) is 9.74. The third-order valence-electron chi connectivity index (χ3n) is 4.83. The standard InChI is InChI=1S/C24H22N4O2/c1-3-17-8-7-15-25-23(17)26-24(29)21-16-22(18-11-13-20(30-2)14-12-18)28(27-21)19-9-5-4-6-10-19/h4-16H,3H2,1-2H3,(H,25,26,29). The van der Waals surface area contributed by atoms with Gasteiger partial charge in [0.2, 0.25) is 0 Å². The summed E-state index contributed by atoms with van der Waals surface area (Å²) in [6.45, 7) is 2.03. The predicted octanol–water partition coefficient (Wildman–Crippen LogP) is 4.76. The summed E-state index contributed by atoms with van der Waals surface area (Å²) in [6.07, 6.45) is 2.44. The minimum atomic E-state index is -0.298. The van der Waals surface area contributed by atoms with Gasteiger partial charge in [-0.3, -0.25) is 4.79 Å². The number of amides is 1. The van der Waals surface area contributed by atoms with E-state index in [-0.39, 0.29) is 5.91 Å². The van der Waals surface area contributed by atoms with E-state index in [1.165, 1.54) is 0 Å². The van der Waals surface area contributed by atoms with Gasteiger partial charge in [0.15, 0.2) is 5.69 Å². The number of carbonyl (C=O) groups excluding carboxylic acids is 1. The molecule has 2 heterocycles. The maximum atomic E-state index is 13.0. The summed E-state index contributed by atoms with van der Waals surface area (Å²) >= 11 is 0. The molecular formula is C24H22N4O2. The Morgan fingerprint density at radius 2 is 1.80 bits per heavy atom. The molecule has 2 aromatic heterocycles. The predicted molar refractivity (Wildman–Crippen MR) is 117 cm³/mol. The number of aromatic nitrogens is 3. The molecule has 0 unspecified atom stereocenters. The Morgan fingerprint density at radius 3 is 2.50 bits per heavy atom. The molecule has 0 fully saturated rings. The maximum Gasteiger partial charge on any atom is 0.277 e. The molecule has 30 heavy (non-hydrogen) atoms. The Hall–Kier alpha value is -3.93. The number of nitrogens with zero attached hydrogens (tertiary/aromatic N) is 3. The Morgan fingerprint density at radius 1 is 1.03 bits per heavy atom. The van der Waals surface area contributed by atoms with E-state index in [0.717, 1.165) is 34.7 Å². The van der Waals surface area contributed by atoms with Crippen LogP contribution >= 0.6 is 0 Å². The second-order valence-electron chi connectivity index (χ2n) is 6.71. The molecular weight excluding hydrogens is 376 g/mol. The lowest BCUT2D eigenvalue weighted by Crippen LogP contribution is -2.15. The normalized spacial score (nSPS) is 10.6. The van der Waals surface area contributed by atoms with Crippen LogP contribution in [0.5, 0.6) is 5.75 Å². The van der Waals surface area contributed by atoms with Crippen molar-refractivity contribution in [2.75, 3.05) is 12.4 Å². The summed E-state index contributed by atoms with van der Waals surface area (Å²) in [5.41, 5.74) is 3.90. The first kappa shape index (κ1) is 19.4. The second-order valence-corrected chi connectivity index (χ2v) is 6.71. The van der Waals surface area contributed by atoms with E-state index in [2.05, 4.69) is 15.4 Å². The number of nitrogens with one attached hydrogen (secondary N) is 1. The highest BCUT2D eigenvalue weighted by molar-refractivity contribution is 6.03. The number of hydrogen-bond acceptors (Lipinski definition) is 4. The number of ether oxygens (including phenoxy) is 1. The van der Waals surface area contributed by atoms with Crippen molar-refractivity contribution in [3.8, 4) is 22.7 Å². The van der Waals surface area contributed by atoms with Gasteiger partial charge in [-0.05, 0) is 60.5 Å². The number of pyridine rings is 1. The number of methoxy groups -OCH3 is 1. The zero-order valence-electron chi connectivity index (χ0n) is 16.9. The van der Waals surface area contributed by atoms with Gasteiger partial charge in [0.1, 0.15) is 11.6 Å². The largest absolute Gasteiger partial charge is 0.497 e. The van der Waals surface area contributed by atoms with E-state index in [1.54, 1.807) is 24.1 Å². The summed E-state index contributed by atoms with van der Waals surface area (Å²) in [4.78, 5) is 17.3. The van der Waals surface area contributed by atoms with Crippen molar-refractivity contribution in [2.45, 2.75) is 13.3 Å². The lowest BCUT2D eigenvalue weighted by atomic mass is 10.1. The highest BCUT2D eigenvalue weighted by atomic mass is 16.5. The highest BCUT2D eigenvalue weighted by Gasteiger charge is 2.18. The zero-order chi connectivity index (χ0) is 20.9. The molecule has 2 aromatic carbocycles. The summed E-state index contributed by atoms with van der Waals surface area (Å²) in [5.74, 6) is 1.03. The number of anilines is 1. The molecule has 4 rings (SSSR count). The summed E-state index contributed by atoms with van der Waals surface area (Å²) in [7, 11) is 1.63. The summed E-state index contributed by atoms with van der Waals surface area (Å²) in [6, 6.07) is 23.0. The Labute approximate surface area is 175 Å². The van der Waals surface area contributed by atoms with Crippen molar-refractivity contribution >= 4 is 11.7 Å². The van der Waals surface area contributed by atoms with E-state index in [9.17, 15) is 4.79 Å². The van der Waals surface area contributed by atoms with Gasteiger partial charge in [-0.2, -0.15) is 5.10 Å². The number of para-hydroxylation sites is 1. The molecule has 4 aromatic rings. The van der Waals surface area contributed by atoms with Crippen molar-refractivity contribution in [1.29, 1.82) is 0 Å². The topological polar surface area (TPSA) is 69.0 Å². The average Bonchev–Trinajstić information content (AvgIpc) is 3.26. The number of carbonyl (C=O) groups is 1. The summed E-state index contributed by atoms with van der Waals surface area (Å²) in [5, 5.41) is 7.49. The highest BCUT2D eigenvalue weighted by Crippen LogP contribution is 2.26. The van der Waals surface area contributed by atoms with Crippen molar-refractivity contribution in [3.05, 3.63) is 90.3 Å². The maximum absolute atomic E-state index is 13.0. The lowest BCUT2D eigenvalue weighted by molar-refractivity contribution is 0.102. The smallest absolute Gasteiger partial charge is 0.277 e. The van der Waals surface area contributed by atoms with E-state index in [0.29, 0.717) is 11.5 Å². The van der Waals surface area contributed by atoms with Crippen LogP contribution < -0.4 is 10.1 Å². The fourth-order valence-corrected chi connectivity index (χ4v) is 3.23. The van der Waals surface area contributed by atoms with Crippen LogP contribution in [0.1, 0.15) is 23.0 Å².